The quantitative estimate of drug-likeness (QED) is 0.474. The summed E-state index contributed by atoms with van der Waals surface area (Å²) >= 11 is 0. The van der Waals surface area contributed by atoms with E-state index in [2.05, 4.69) is 0 Å². The molecular formula is C18H24O8. The lowest BCUT2D eigenvalue weighted by atomic mass is 10.1. The highest BCUT2D eigenvalue weighted by Crippen LogP contribution is 2.32. The Bertz CT molecular complexity index is 653. The van der Waals surface area contributed by atoms with Crippen molar-refractivity contribution in [1.29, 1.82) is 0 Å². The van der Waals surface area contributed by atoms with E-state index in [-0.39, 0.29) is 23.7 Å². The number of hydrogen-bond donors (Lipinski definition) is 3. The molecule has 1 aromatic carbocycles. The van der Waals surface area contributed by atoms with Gasteiger partial charge in [0.2, 0.25) is 6.29 Å². The number of aliphatic hydroxyl groups excluding tert-OH is 3. The van der Waals surface area contributed by atoms with Crippen LogP contribution in [-0.4, -0.2) is 66.2 Å². The Morgan fingerprint density at radius 1 is 1.23 bits per heavy atom. The maximum atomic E-state index is 11.7. The molecule has 0 bridgehead atoms. The van der Waals surface area contributed by atoms with E-state index in [1.807, 2.05) is 19.9 Å². The number of esters is 1. The van der Waals surface area contributed by atoms with E-state index in [9.17, 15) is 15.0 Å². The Hall–Kier alpha value is -2.13. The van der Waals surface area contributed by atoms with Crippen molar-refractivity contribution in [2.45, 2.75) is 38.4 Å². The first kappa shape index (κ1) is 20.2. The highest BCUT2D eigenvalue weighted by Gasteiger charge is 2.44. The second kappa shape index (κ2) is 9.00. The molecule has 0 aliphatic carbocycles. The van der Waals surface area contributed by atoms with Gasteiger partial charge in [-0.3, -0.25) is 0 Å². The predicted molar refractivity (Wildman–Crippen MR) is 91.1 cm³/mol. The highest BCUT2D eigenvalue weighted by molar-refractivity contribution is 5.90. The fourth-order valence-corrected chi connectivity index (χ4v) is 2.35. The second-order valence-electron chi connectivity index (χ2n) is 6.07. The Balaban J connectivity index is 2.22. The van der Waals surface area contributed by atoms with Crippen LogP contribution in [0.3, 0.4) is 0 Å². The van der Waals surface area contributed by atoms with Crippen molar-refractivity contribution in [1.82, 2.24) is 0 Å². The smallest absolute Gasteiger partial charge is 0.337 e. The van der Waals surface area contributed by atoms with Crippen molar-refractivity contribution in [3.8, 4) is 11.5 Å². The molecule has 1 aliphatic rings. The largest absolute Gasteiger partial charge is 0.486 e. The summed E-state index contributed by atoms with van der Waals surface area (Å²) in [6.07, 6.45) is -2.88. The molecule has 0 saturated carbocycles. The van der Waals surface area contributed by atoms with Gasteiger partial charge in [0, 0.05) is 0 Å². The maximum Gasteiger partial charge on any atom is 0.337 e. The molecule has 4 atom stereocenters. The van der Waals surface area contributed by atoms with Crippen molar-refractivity contribution in [3.05, 3.63) is 35.4 Å². The average molecular weight is 368 g/mol. The first-order chi connectivity index (χ1) is 12.4. The Morgan fingerprint density at radius 2 is 1.96 bits per heavy atom. The van der Waals surface area contributed by atoms with Gasteiger partial charge < -0.3 is 34.3 Å². The van der Waals surface area contributed by atoms with E-state index in [0.717, 1.165) is 5.57 Å². The maximum absolute atomic E-state index is 11.7. The zero-order chi connectivity index (χ0) is 19.3. The van der Waals surface area contributed by atoms with Crippen molar-refractivity contribution < 1.29 is 39.1 Å². The Labute approximate surface area is 151 Å². The molecule has 1 aromatic rings. The highest BCUT2D eigenvalue weighted by atomic mass is 16.7. The fraction of sp³-hybridized carbons (Fsp3) is 0.500. The number of aliphatic hydroxyl groups is 3. The molecule has 0 radical (unpaired) electrons. The second-order valence-corrected chi connectivity index (χ2v) is 6.07. The van der Waals surface area contributed by atoms with Crippen LogP contribution < -0.4 is 9.47 Å². The molecule has 8 heteroatoms. The summed E-state index contributed by atoms with van der Waals surface area (Å²) in [5, 5.41) is 29.0. The summed E-state index contributed by atoms with van der Waals surface area (Å²) in [5.74, 6) is -0.0608. The van der Waals surface area contributed by atoms with Gasteiger partial charge in [0.15, 0.2) is 11.5 Å². The minimum atomic E-state index is -1.34. The number of methoxy groups -OCH3 is 1. The van der Waals surface area contributed by atoms with Crippen LogP contribution in [0.5, 0.6) is 11.5 Å². The van der Waals surface area contributed by atoms with E-state index in [0.29, 0.717) is 0 Å². The summed E-state index contributed by atoms with van der Waals surface area (Å²) in [4.78, 5) is 11.7. The van der Waals surface area contributed by atoms with Crippen LogP contribution in [0.2, 0.25) is 0 Å². The molecule has 0 amide bonds. The van der Waals surface area contributed by atoms with Gasteiger partial charge in [-0.1, -0.05) is 5.57 Å². The third-order valence-electron chi connectivity index (χ3n) is 3.84. The van der Waals surface area contributed by atoms with Crippen LogP contribution in [0, 0.1) is 0 Å². The van der Waals surface area contributed by atoms with E-state index >= 15 is 0 Å². The number of carbonyl (C=O) groups excluding carboxylic acids is 1. The molecule has 0 unspecified atom stereocenters. The number of allylic oxidation sites excluding steroid dienone is 1. The monoisotopic (exact) mass is 368 g/mol. The van der Waals surface area contributed by atoms with Gasteiger partial charge in [-0.05, 0) is 38.1 Å². The topological polar surface area (TPSA) is 115 Å². The Morgan fingerprint density at radius 3 is 2.54 bits per heavy atom. The zero-order valence-electron chi connectivity index (χ0n) is 14.9. The molecule has 0 spiro atoms. The van der Waals surface area contributed by atoms with Crippen molar-refractivity contribution in [3.63, 3.8) is 0 Å². The SMILES string of the molecule is COC(=O)c1ccc(O[C@H]2O[C@H](CO)[C@@H](O)[C@H]2O)c(OCC=C(C)C)c1. The molecule has 0 aromatic heterocycles. The number of benzene rings is 1. The molecule has 26 heavy (non-hydrogen) atoms. The van der Waals surface area contributed by atoms with Crippen molar-refractivity contribution in [2.24, 2.45) is 0 Å². The lowest BCUT2D eigenvalue weighted by molar-refractivity contribution is -0.117. The first-order valence-electron chi connectivity index (χ1n) is 8.15. The lowest BCUT2D eigenvalue weighted by Crippen LogP contribution is -2.35. The molecule has 1 aliphatic heterocycles. The van der Waals surface area contributed by atoms with Crippen LogP contribution in [0.25, 0.3) is 0 Å². The molecule has 8 nitrogen and oxygen atoms in total. The number of hydrogen-bond acceptors (Lipinski definition) is 8. The van der Waals surface area contributed by atoms with Crippen molar-refractivity contribution >= 4 is 5.97 Å². The summed E-state index contributed by atoms with van der Waals surface area (Å²) in [7, 11) is 1.27. The molecule has 144 valence electrons. The van der Waals surface area contributed by atoms with Gasteiger partial charge in [0.05, 0.1) is 19.3 Å². The van der Waals surface area contributed by atoms with Crippen LogP contribution >= 0.6 is 0 Å². The normalized spacial score (nSPS) is 24.8. The van der Waals surface area contributed by atoms with Gasteiger partial charge >= 0.3 is 5.97 Å². The molecule has 1 heterocycles. The summed E-state index contributed by atoms with van der Waals surface area (Å²) in [6, 6.07) is 4.43. The van der Waals surface area contributed by atoms with E-state index in [4.69, 9.17) is 24.1 Å². The first-order valence-corrected chi connectivity index (χ1v) is 8.15. The van der Waals surface area contributed by atoms with Crippen LogP contribution in [0.4, 0.5) is 0 Å². The summed E-state index contributed by atoms with van der Waals surface area (Å²) in [5.41, 5.74) is 1.33. The van der Waals surface area contributed by atoms with Crippen LogP contribution in [0.15, 0.2) is 29.8 Å². The van der Waals surface area contributed by atoms with Crippen LogP contribution in [0.1, 0.15) is 24.2 Å². The van der Waals surface area contributed by atoms with E-state index in [1.54, 1.807) is 0 Å². The average Bonchev–Trinajstić information content (AvgIpc) is 2.89. The van der Waals surface area contributed by atoms with Gasteiger partial charge in [0.1, 0.15) is 24.9 Å². The minimum absolute atomic E-state index is 0.217. The van der Waals surface area contributed by atoms with E-state index in [1.165, 1.54) is 25.3 Å². The third kappa shape index (κ3) is 4.73. The number of rotatable bonds is 7. The van der Waals surface area contributed by atoms with Gasteiger partial charge in [-0.25, -0.2) is 4.79 Å². The number of ether oxygens (including phenoxy) is 4. The molecule has 1 saturated heterocycles. The lowest BCUT2D eigenvalue weighted by Gasteiger charge is -2.19. The van der Waals surface area contributed by atoms with Crippen LogP contribution in [-0.2, 0) is 9.47 Å². The molecular weight excluding hydrogens is 344 g/mol. The Kier molecular flexibility index (Phi) is 6.98. The van der Waals surface area contributed by atoms with E-state index < -0.39 is 37.2 Å². The van der Waals surface area contributed by atoms with Gasteiger partial charge in [-0.2, -0.15) is 0 Å². The number of carbonyl (C=O) groups is 1. The summed E-state index contributed by atoms with van der Waals surface area (Å²) < 4.78 is 21.3. The molecule has 1 fully saturated rings. The zero-order valence-corrected chi connectivity index (χ0v) is 14.9. The fourth-order valence-electron chi connectivity index (χ4n) is 2.35. The predicted octanol–water partition coefficient (Wildman–Crippen LogP) is 0.636. The van der Waals surface area contributed by atoms with Crippen molar-refractivity contribution in [2.75, 3.05) is 20.3 Å². The standard InChI is InChI=1S/C18H24O8/c1-10(2)6-7-24-13-8-11(17(22)23-3)4-5-12(13)25-18-16(21)15(20)14(9-19)26-18/h4-6,8,14-16,18-21H,7,9H2,1-3H3/t14-,15-,16-,18+/m1/s1. The van der Waals surface area contributed by atoms with Gasteiger partial charge in [-0.15, -0.1) is 0 Å². The minimum Gasteiger partial charge on any atom is -0.486 e. The third-order valence-corrected chi connectivity index (χ3v) is 3.84. The van der Waals surface area contributed by atoms with Gasteiger partial charge in [0.25, 0.3) is 0 Å². The molecule has 2 rings (SSSR count). The molecule has 3 N–H and O–H groups in total. The summed E-state index contributed by atoms with van der Waals surface area (Å²) in [6.45, 7) is 3.64.